The molecule has 110 valence electrons. The summed E-state index contributed by atoms with van der Waals surface area (Å²) < 4.78 is 23.9. The van der Waals surface area contributed by atoms with Gasteiger partial charge in [0.2, 0.25) is 5.91 Å². The van der Waals surface area contributed by atoms with Crippen LogP contribution in [0.5, 0.6) is 0 Å². The molecular formula is C13H17NO5S. The maximum Gasteiger partial charge on any atom is 0.321 e. The molecule has 1 aromatic rings. The van der Waals surface area contributed by atoms with E-state index >= 15 is 0 Å². The summed E-state index contributed by atoms with van der Waals surface area (Å²) in [5.74, 6) is -2.21. The molecule has 6 nitrogen and oxygen atoms in total. The number of carboxylic acids is 1. The molecule has 0 radical (unpaired) electrons. The largest absolute Gasteiger partial charge is 0.480 e. The standard InChI is InChI=1S/C13H17NO5S/c1-8-6-4-5-7-11(8)14-12(15)9(2)20(18,19)10(3)13(16)17/h4-7,9-10H,1-3H3,(H,14,15)(H,16,17). The van der Waals surface area contributed by atoms with E-state index in [0.29, 0.717) is 5.69 Å². The first kappa shape index (κ1) is 16.2. The lowest BCUT2D eigenvalue weighted by Gasteiger charge is -2.16. The average molecular weight is 299 g/mol. The Hall–Kier alpha value is -1.89. The van der Waals surface area contributed by atoms with Crippen LogP contribution >= 0.6 is 0 Å². The molecule has 0 saturated carbocycles. The van der Waals surface area contributed by atoms with Crippen molar-refractivity contribution in [2.24, 2.45) is 0 Å². The summed E-state index contributed by atoms with van der Waals surface area (Å²) in [6.45, 7) is 4.01. The minimum atomic E-state index is -4.08. The number of anilines is 1. The van der Waals surface area contributed by atoms with Gasteiger partial charge in [0.25, 0.3) is 0 Å². The normalized spacial score (nSPS) is 14.3. The Labute approximate surface area is 117 Å². The lowest BCUT2D eigenvalue weighted by atomic mass is 10.2. The van der Waals surface area contributed by atoms with Gasteiger partial charge in [0.1, 0.15) is 5.25 Å². The quantitative estimate of drug-likeness (QED) is 0.851. The Bertz CT molecular complexity index is 623. The van der Waals surface area contributed by atoms with Crippen molar-refractivity contribution in [3.05, 3.63) is 29.8 Å². The van der Waals surface area contributed by atoms with Gasteiger partial charge in [-0.1, -0.05) is 18.2 Å². The molecule has 0 heterocycles. The van der Waals surface area contributed by atoms with E-state index in [2.05, 4.69) is 5.32 Å². The topological polar surface area (TPSA) is 101 Å². The summed E-state index contributed by atoms with van der Waals surface area (Å²) in [5.41, 5.74) is 1.29. The number of amides is 1. The monoisotopic (exact) mass is 299 g/mol. The number of carboxylic acid groups (broad SMARTS) is 1. The van der Waals surface area contributed by atoms with Gasteiger partial charge in [0.15, 0.2) is 15.1 Å². The van der Waals surface area contributed by atoms with Crippen molar-refractivity contribution >= 4 is 27.4 Å². The molecule has 0 spiro atoms. The Morgan fingerprint density at radius 3 is 2.20 bits per heavy atom. The fourth-order valence-corrected chi connectivity index (χ4v) is 2.79. The van der Waals surface area contributed by atoms with Crippen LogP contribution in [0.1, 0.15) is 19.4 Å². The van der Waals surface area contributed by atoms with Gasteiger partial charge in [0, 0.05) is 5.69 Å². The van der Waals surface area contributed by atoms with E-state index in [9.17, 15) is 18.0 Å². The molecule has 2 N–H and O–H groups in total. The predicted octanol–water partition coefficient (Wildman–Crippen LogP) is 1.21. The molecule has 1 aromatic carbocycles. The van der Waals surface area contributed by atoms with Gasteiger partial charge in [-0.25, -0.2) is 8.42 Å². The number of carbonyl (C=O) groups excluding carboxylic acids is 1. The van der Waals surface area contributed by atoms with Gasteiger partial charge >= 0.3 is 5.97 Å². The number of aliphatic carboxylic acids is 1. The van der Waals surface area contributed by atoms with Crippen molar-refractivity contribution in [2.75, 3.05) is 5.32 Å². The number of benzene rings is 1. The van der Waals surface area contributed by atoms with Crippen molar-refractivity contribution in [1.82, 2.24) is 0 Å². The molecule has 0 aliphatic rings. The van der Waals surface area contributed by atoms with Crippen molar-refractivity contribution in [2.45, 2.75) is 31.3 Å². The van der Waals surface area contributed by atoms with E-state index < -0.39 is 32.2 Å². The molecule has 2 atom stereocenters. The first-order chi connectivity index (χ1) is 9.17. The second kappa shape index (κ2) is 6.04. The predicted molar refractivity (Wildman–Crippen MR) is 75.3 cm³/mol. The zero-order valence-electron chi connectivity index (χ0n) is 11.5. The highest BCUT2D eigenvalue weighted by Crippen LogP contribution is 2.16. The Morgan fingerprint density at radius 2 is 1.70 bits per heavy atom. The SMILES string of the molecule is Cc1ccccc1NC(=O)C(C)S(=O)(=O)C(C)C(=O)O. The van der Waals surface area contributed by atoms with Crippen LogP contribution in [0, 0.1) is 6.92 Å². The number of aryl methyl sites for hydroxylation is 1. The molecule has 0 aliphatic carbocycles. The zero-order valence-corrected chi connectivity index (χ0v) is 12.3. The minimum absolute atomic E-state index is 0.502. The van der Waals surface area contributed by atoms with Crippen LogP contribution in [0.3, 0.4) is 0 Å². The lowest BCUT2D eigenvalue weighted by molar-refractivity contribution is -0.136. The Balaban J connectivity index is 2.93. The van der Waals surface area contributed by atoms with Gasteiger partial charge in [-0.05, 0) is 32.4 Å². The van der Waals surface area contributed by atoms with E-state index in [1.165, 1.54) is 6.92 Å². The number of sulfone groups is 1. The van der Waals surface area contributed by atoms with E-state index in [4.69, 9.17) is 5.11 Å². The summed E-state index contributed by atoms with van der Waals surface area (Å²) in [4.78, 5) is 22.7. The fourth-order valence-electron chi connectivity index (χ4n) is 1.54. The third-order valence-electron chi connectivity index (χ3n) is 3.11. The maximum atomic E-state index is 12.0. The highest BCUT2D eigenvalue weighted by molar-refractivity contribution is 7.94. The smallest absolute Gasteiger partial charge is 0.321 e. The molecule has 7 heteroatoms. The molecule has 20 heavy (non-hydrogen) atoms. The number of nitrogens with one attached hydrogen (secondary N) is 1. The summed E-state index contributed by atoms with van der Waals surface area (Å²) in [6.07, 6.45) is 0. The fraction of sp³-hybridized carbons (Fsp3) is 0.385. The Kier molecular flexibility index (Phi) is 4.88. The van der Waals surface area contributed by atoms with Gasteiger partial charge < -0.3 is 10.4 Å². The second-order valence-corrected chi connectivity index (χ2v) is 7.11. The van der Waals surface area contributed by atoms with Crippen LogP contribution in [0.2, 0.25) is 0 Å². The second-order valence-electron chi connectivity index (χ2n) is 4.52. The first-order valence-corrected chi connectivity index (χ1v) is 7.61. The van der Waals surface area contributed by atoms with Gasteiger partial charge in [-0.3, -0.25) is 9.59 Å². The molecule has 1 rings (SSSR count). The molecule has 0 aromatic heterocycles. The van der Waals surface area contributed by atoms with Crippen molar-refractivity contribution < 1.29 is 23.1 Å². The highest BCUT2D eigenvalue weighted by Gasteiger charge is 2.37. The summed E-state index contributed by atoms with van der Waals surface area (Å²) in [7, 11) is -4.08. The van der Waals surface area contributed by atoms with Crippen molar-refractivity contribution in [3.63, 3.8) is 0 Å². The van der Waals surface area contributed by atoms with Gasteiger partial charge in [0.05, 0.1) is 0 Å². The third-order valence-corrected chi connectivity index (χ3v) is 5.49. The lowest BCUT2D eigenvalue weighted by Crippen LogP contribution is -2.40. The number of hydrogen-bond donors (Lipinski definition) is 2. The molecule has 0 aliphatic heterocycles. The number of rotatable bonds is 5. The molecule has 0 fully saturated rings. The Morgan fingerprint density at radius 1 is 1.15 bits per heavy atom. The third kappa shape index (κ3) is 3.36. The number of hydrogen-bond acceptors (Lipinski definition) is 4. The molecule has 1 amide bonds. The molecule has 2 unspecified atom stereocenters. The van der Waals surface area contributed by atoms with Gasteiger partial charge in [-0.2, -0.15) is 0 Å². The average Bonchev–Trinajstić information content (AvgIpc) is 2.39. The van der Waals surface area contributed by atoms with Gasteiger partial charge in [-0.15, -0.1) is 0 Å². The van der Waals surface area contributed by atoms with Crippen LogP contribution in [-0.2, 0) is 19.4 Å². The first-order valence-electron chi connectivity index (χ1n) is 6.00. The van der Waals surface area contributed by atoms with Crippen LogP contribution in [0.15, 0.2) is 24.3 Å². The van der Waals surface area contributed by atoms with Crippen molar-refractivity contribution in [1.29, 1.82) is 0 Å². The molecular weight excluding hydrogens is 282 g/mol. The van der Waals surface area contributed by atoms with E-state index in [1.54, 1.807) is 31.2 Å². The van der Waals surface area contributed by atoms with Crippen LogP contribution < -0.4 is 5.32 Å². The van der Waals surface area contributed by atoms with Crippen LogP contribution in [0.4, 0.5) is 5.69 Å². The van der Waals surface area contributed by atoms with E-state index in [-0.39, 0.29) is 0 Å². The van der Waals surface area contributed by atoms with Crippen LogP contribution in [0.25, 0.3) is 0 Å². The summed E-state index contributed by atoms with van der Waals surface area (Å²) in [6, 6.07) is 6.92. The van der Waals surface area contributed by atoms with E-state index in [1.807, 2.05) is 0 Å². The molecule has 0 bridgehead atoms. The van der Waals surface area contributed by atoms with Crippen molar-refractivity contribution in [3.8, 4) is 0 Å². The van der Waals surface area contributed by atoms with Crippen LogP contribution in [-0.4, -0.2) is 35.9 Å². The molecule has 0 saturated heterocycles. The number of carbonyl (C=O) groups is 2. The maximum absolute atomic E-state index is 12.0. The summed E-state index contributed by atoms with van der Waals surface area (Å²) >= 11 is 0. The number of para-hydroxylation sites is 1. The zero-order chi connectivity index (χ0) is 15.5. The minimum Gasteiger partial charge on any atom is -0.480 e. The van der Waals surface area contributed by atoms with E-state index in [0.717, 1.165) is 12.5 Å². The highest BCUT2D eigenvalue weighted by atomic mass is 32.2. The summed E-state index contributed by atoms with van der Waals surface area (Å²) in [5, 5.41) is 8.21.